The van der Waals surface area contributed by atoms with E-state index in [1.165, 1.54) is 0 Å². The van der Waals surface area contributed by atoms with E-state index in [-0.39, 0.29) is 0 Å². The minimum atomic E-state index is 0.745. The molecule has 0 atom stereocenters. The SMILES string of the molecule is C[n+]1c(-c2ccc(Cl)cc2)sc([S-])c1-c1ccccc1. The van der Waals surface area contributed by atoms with Crippen molar-refractivity contribution in [3.63, 3.8) is 0 Å². The summed E-state index contributed by atoms with van der Waals surface area (Å²) in [7, 11) is 2.05. The van der Waals surface area contributed by atoms with Crippen LogP contribution in [0.15, 0.2) is 58.8 Å². The number of thiazole rings is 1. The molecule has 0 unspecified atom stereocenters. The van der Waals surface area contributed by atoms with Crippen molar-refractivity contribution in [2.45, 2.75) is 4.21 Å². The first-order valence-electron chi connectivity index (χ1n) is 6.18. The maximum Gasteiger partial charge on any atom is 0.200 e. The fourth-order valence-corrected chi connectivity index (χ4v) is 3.82. The lowest BCUT2D eigenvalue weighted by Crippen LogP contribution is -2.30. The molecule has 0 aliphatic carbocycles. The van der Waals surface area contributed by atoms with Crippen LogP contribution in [0.25, 0.3) is 21.8 Å². The number of aromatic nitrogens is 1. The zero-order chi connectivity index (χ0) is 14.1. The third kappa shape index (κ3) is 2.44. The smallest absolute Gasteiger partial charge is 0.200 e. The molecule has 0 N–H and O–H groups in total. The summed E-state index contributed by atoms with van der Waals surface area (Å²) in [5.41, 5.74) is 3.38. The molecule has 20 heavy (non-hydrogen) atoms. The zero-order valence-electron chi connectivity index (χ0n) is 10.8. The van der Waals surface area contributed by atoms with Crippen molar-refractivity contribution in [1.29, 1.82) is 0 Å². The summed E-state index contributed by atoms with van der Waals surface area (Å²) < 4.78 is 3.06. The minimum Gasteiger partial charge on any atom is -0.421 e. The third-order valence-electron chi connectivity index (χ3n) is 3.16. The Bertz CT molecular complexity index is 733. The second-order valence-electron chi connectivity index (χ2n) is 4.48. The highest BCUT2D eigenvalue weighted by molar-refractivity contribution is 7.63. The van der Waals surface area contributed by atoms with Gasteiger partial charge in [-0.3, -0.25) is 11.3 Å². The van der Waals surface area contributed by atoms with Crippen molar-refractivity contribution in [1.82, 2.24) is 0 Å². The fourth-order valence-electron chi connectivity index (χ4n) is 2.20. The van der Waals surface area contributed by atoms with Gasteiger partial charge in [0.15, 0.2) is 5.01 Å². The Hall–Kier alpha value is -1.42. The molecule has 0 spiro atoms. The average molecular weight is 318 g/mol. The van der Waals surface area contributed by atoms with E-state index in [1.807, 2.05) is 42.5 Å². The maximum atomic E-state index is 5.95. The summed E-state index contributed by atoms with van der Waals surface area (Å²) in [5, 5.41) is 1.89. The molecule has 3 aromatic rings. The van der Waals surface area contributed by atoms with Gasteiger partial charge in [0, 0.05) is 16.1 Å². The van der Waals surface area contributed by atoms with E-state index in [0.717, 1.165) is 31.1 Å². The molecular weight excluding hydrogens is 306 g/mol. The Morgan fingerprint density at radius 1 is 0.950 bits per heavy atom. The molecule has 0 aliphatic rings. The van der Waals surface area contributed by atoms with Gasteiger partial charge in [0.05, 0.1) is 0 Å². The second-order valence-corrected chi connectivity index (χ2v) is 6.58. The summed E-state index contributed by atoms with van der Waals surface area (Å²) in [6.45, 7) is 0. The first-order valence-corrected chi connectivity index (χ1v) is 7.78. The normalized spacial score (nSPS) is 10.7. The van der Waals surface area contributed by atoms with Crippen molar-refractivity contribution in [2.24, 2.45) is 7.05 Å². The van der Waals surface area contributed by atoms with E-state index in [1.54, 1.807) is 11.3 Å². The molecule has 0 fully saturated rings. The molecule has 2 aromatic carbocycles. The Balaban J connectivity index is 2.14. The van der Waals surface area contributed by atoms with Crippen molar-refractivity contribution in [2.75, 3.05) is 0 Å². The molecule has 0 aliphatic heterocycles. The third-order valence-corrected chi connectivity index (χ3v) is 4.94. The van der Waals surface area contributed by atoms with Gasteiger partial charge in [0.1, 0.15) is 7.05 Å². The molecule has 1 nitrogen and oxygen atoms in total. The largest absolute Gasteiger partial charge is 0.421 e. The van der Waals surface area contributed by atoms with Gasteiger partial charge in [0.25, 0.3) is 0 Å². The monoisotopic (exact) mass is 317 g/mol. The first-order chi connectivity index (χ1) is 9.66. The number of benzene rings is 2. The molecule has 1 aromatic heterocycles. The molecule has 0 bridgehead atoms. The molecule has 4 heteroatoms. The standard InChI is InChI=1S/C16H12ClNS2/c1-18-14(11-5-3-2-4-6-11)16(19)20-15(18)12-7-9-13(17)10-8-12/h2-10H,1H3. The number of rotatable bonds is 2. The predicted octanol–water partition coefficient (Wildman–Crippen LogP) is 4.47. The Labute approximate surface area is 132 Å². The van der Waals surface area contributed by atoms with Crippen LogP contribution in [0.2, 0.25) is 5.02 Å². The van der Waals surface area contributed by atoms with Gasteiger partial charge in [-0.15, -0.1) is 0 Å². The molecule has 0 saturated carbocycles. The Morgan fingerprint density at radius 2 is 1.60 bits per heavy atom. The van der Waals surface area contributed by atoms with Crippen molar-refractivity contribution >= 4 is 35.6 Å². The van der Waals surface area contributed by atoms with Crippen LogP contribution in [0.1, 0.15) is 0 Å². The topological polar surface area (TPSA) is 3.88 Å². The van der Waals surface area contributed by atoms with Gasteiger partial charge >= 0.3 is 0 Å². The zero-order valence-corrected chi connectivity index (χ0v) is 13.2. The number of hydrogen-bond acceptors (Lipinski definition) is 2. The molecule has 0 saturated heterocycles. The summed E-state index contributed by atoms with van der Waals surface area (Å²) >= 11 is 13.1. The van der Waals surface area contributed by atoms with E-state index in [9.17, 15) is 0 Å². The number of nitrogens with zero attached hydrogens (tertiary/aromatic N) is 1. The molecule has 3 rings (SSSR count). The Morgan fingerprint density at radius 3 is 2.25 bits per heavy atom. The van der Waals surface area contributed by atoms with Gasteiger partial charge in [0.2, 0.25) is 5.69 Å². The van der Waals surface area contributed by atoms with Crippen molar-refractivity contribution in [3.05, 3.63) is 59.6 Å². The van der Waals surface area contributed by atoms with Crippen molar-refractivity contribution in [3.8, 4) is 21.8 Å². The van der Waals surface area contributed by atoms with Crippen LogP contribution in [0, 0.1) is 0 Å². The lowest BCUT2D eigenvalue weighted by molar-refractivity contribution is -0.646. The van der Waals surface area contributed by atoms with Gasteiger partial charge in [-0.2, -0.15) is 0 Å². The van der Waals surface area contributed by atoms with E-state index in [4.69, 9.17) is 24.2 Å². The van der Waals surface area contributed by atoms with Crippen LogP contribution in [-0.2, 0) is 19.7 Å². The molecule has 0 radical (unpaired) electrons. The van der Waals surface area contributed by atoms with Gasteiger partial charge in [-0.1, -0.05) is 29.8 Å². The predicted molar refractivity (Wildman–Crippen MR) is 87.0 cm³/mol. The van der Waals surface area contributed by atoms with Gasteiger partial charge < -0.3 is 12.6 Å². The lowest BCUT2D eigenvalue weighted by atomic mass is 10.1. The van der Waals surface area contributed by atoms with Crippen LogP contribution in [-0.4, -0.2) is 0 Å². The van der Waals surface area contributed by atoms with E-state index >= 15 is 0 Å². The molecular formula is C16H12ClNS2. The van der Waals surface area contributed by atoms with Crippen LogP contribution in [0.5, 0.6) is 0 Å². The number of hydrogen-bond donors (Lipinski definition) is 0. The Kier molecular flexibility index (Phi) is 3.74. The van der Waals surface area contributed by atoms with E-state index in [0.29, 0.717) is 0 Å². The van der Waals surface area contributed by atoms with Crippen LogP contribution >= 0.6 is 22.9 Å². The summed E-state index contributed by atoms with van der Waals surface area (Å²) in [4.78, 5) is 0. The summed E-state index contributed by atoms with van der Waals surface area (Å²) in [5.74, 6) is 0. The average Bonchev–Trinajstić information content (AvgIpc) is 2.76. The van der Waals surface area contributed by atoms with Crippen LogP contribution < -0.4 is 4.57 Å². The van der Waals surface area contributed by atoms with Gasteiger partial charge in [-0.25, -0.2) is 4.57 Å². The second kappa shape index (κ2) is 5.52. The first kappa shape index (κ1) is 13.6. The fraction of sp³-hybridized carbons (Fsp3) is 0.0625. The lowest BCUT2D eigenvalue weighted by Gasteiger charge is -2.01. The molecule has 1 heterocycles. The summed E-state index contributed by atoms with van der Waals surface area (Å²) in [6.07, 6.45) is 0. The highest BCUT2D eigenvalue weighted by Crippen LogP contribution is 2.31. The summed E-state index contributed by atoms with van der Waals surface area (Å²) in [6, 6.07) is 18.1. The maximum absolute atomic E-state index is 5.95. The highest BCUT2D eigenvalue weighted by Gasteiger charge is 2.17. The highest BCUT2D eigenvalue weighted by atomic mass is 35.5. The van der Waals surface area contributed by atoms with E-state index in [2.05, 4.69) is 23.7 Å². The van der Waals surface area contributed by atoms with Gasteiger partial charge in [-0.05, 0) is 40.6 Å². The van der Waals surface area contributed by atoms with E-state index < -0.39 is 0 Å². The number of halogens is 1. The minimum absolute atomic E-state index is 0.745. The molecule has 100 valence electrons. The molecule has 0 amide bonds. The quantitative estimate of drug-likeness (QED) is 0.498. The van der Waals surface area contributed by atoms with Crippen LogP contribution in [0.3, 0.4) is 0 Å². The van der Waals surface area contributed by atoms with Crippen molar-refractivity contribution < 1.29 is 4.57 Å². The van der Waals surface area contributed by atoms with Crippen LogP contribution in [0.4, 0.5) is 0 Å².